The fraction of sp³-hybridized carbons (Fsp3) is 0.207. The van der Waals surface area contributed by atoms with Crippen molar-refractivity contribution in [3.63, 3.8) is 0 Å². The first-order valence-electron chi connectivity index (χ1n) is 11.2. The van der Waals surface area contributed by atoms with Crippen molar-refractivity contribution in [2.24, 2.45) is 10.9 Å². The van der Waals surface area contributed by atoms with E-state index in [1.54, 1.807) is 0 Å². The minimum Gasteiger partial charge on any atom is -0.299 e. The molecule has 1 saturated carbocycles. The second-order valence-corrected chi connectivity index (χ2v) is 9.09. The first-order chi connectivity index (χ1) is 15.6. The van der Waals surface area contributed by atoms with Crippen LogP contribution in [-0.2, 0) is 4.79 Å². The lowest BCUT2D eigenvalue weighted by Gasteiger charge is -2.37. The van der Waals surface area contributed by atoms with Gasteiger partial charge in [0.15, 0.2) is 5.78 Å². The minimum absolute atomic E-state index is 0.0157. The van der Waals surface area contributed by atoms with Gasteiger partial charge in [0, 0.05) is 34.8 Å². The Morgan fingerprint density at radius 2 is 1.41 bits per heavy atom. The summed E-state index contributed by atoms with van der Waals surface area (Å²) in [5.74, 6) is -0.310. The van der Waals surface area contributed by atoms with Crippen molar-refractivity contribution in [2.75, 3.05) is 0 Å². The lowest BCUT2D eigenvalue weighted by molar-refractivity contribution is -0.122. The maximum absolute atomic E-state index is 13.6. The van der Waals surface area contributed by atoms with Crippen molar-refractivity contribution in [2.45, 2.75) is 31.6 Å². The van der Waals surface area contributed by atoms with Gasteiger partial charge in [0.2, 0.25) is 0 Å². The molecule has 1 heterocycles. The van der Waals surface area contributed by atoms with E-state index in [9.17, 15) is 9.59 Å². The molecule has 1 fully saturated rings. The number of rotatable bonds is 2. The molecule has 3 heteroatoms. The number of allylic oxidation sites excluding steroid dienone is 1. The van der Waals surface area contributed by atoms with Crippen LogP contribution < -0.4 is 0 Å². The zero-order valence-corrected chi connectivity index (χ0v) is 17.9. The van der Waals surface area contributed by atoms with Gasteiger partial charge in [0.25, 0.3) is 0 Å². The molecule has 1 aliphatic heterocycles. The predicted octanol–water partition coefficient (Wildman–Crippen LogP) is 5.90. The van der Waals surface area contributed by atoms with Gasteiger partial charge in [-0.15, -0.1) is 0 Å². The number of aliphatic imine (C=N–C) groups is 1. The molecule has 0 saturated heterocycles. The number of Topliss-reactive ketones (excluding diaryl/α,β-unsaturated/α-hetero) is 2. The number of ketones is 2. The Bertz CT molecular complexity index is 1310. The lowest BCUT2D eigenvalue weighted by atomic mass is 9.66. The molecular formula is C29H23NO2. The summed E-state index contributed by atoms with van der Waals surface area (Å²) in [5.41, 5.74) is 7.33. The van der Waals surface area contributed by atoms with Crippen molar-refractivity contribution < 1.29 is 9.59 Å². The molecule has 3 aromatic carbocycles. The monoisotopic (exact) mass is 417 g/mol. The Kier molecular flexibility index (Phi) is 4.32. The molecule has 156 valence electrons. The molecule has 3 atom stereocenters. The van der Waals surface area contributed by atoms with Crippen LogP contribution in [0, 0.1) is 12.8 Å². The third kappa shape index (κ3) is 2.85. The first kappa shape index (κ1) is 19.1. The summed E-state index contributed by atoms with van der Waals surface area (Å²) in [6.07, 6.45) is 1.23. The fourth-order valence-corrected chi connectivity index (χ4v) is 5.60. The average molecular weight is 418 g/mol. The molecule has 3 nitrogen and oxygen atoms in total. The van der Waals surface area contributed by atoms with Crippen LogP contribution in [0.3, 0.4) is 0 Å². The summed E-state index contributed by atoms with van der Waals surface area (Å²) in [6, 6.07) is 26.2. The van der Waals surface area contributed by atoms with E-state index in [0.29, 0.717) is 17.6 Å². The summed E-state index contributed by atoms with van der Waals surface area (Å²) in [7, 11) is 0. The van der Waals surface area contributed by atoms with Crippen molar-refractivity contribution in [1.29, 1.82) is 0 Å². The Morgan fingerprint density at radius 3 is 2.16 bits per heavy atom. The molecular weight excluding hydrogens is 394 g/mol. The number of hydrogen-bond donors (Lipinski definition) is 0. The quantitative estimate of drug-likeness (QED) is 0.521. The number of nitrogens with zero attached hydrogens (tertiary/aromatic N) is 1. The van der Waals surface area contributed by atoms with E-state index in [-0.39, 0.29) is 29.3 Å². The van der Waals surface area contributed by atoms with E-state index in [4.69, 9.17) is 4.99 Å². The maximum atomic E-state index is 13.6. The second-order valence-electron chi connectivity index (χ2n) is 9.09. The molecule has 6 rings (SSSR count). The third-order valence-corrected chi connectivity index (χ3v) is 7.14. The topological polar surface area (TPSA) is 46.5 Å². The van der Waals surface area contributed by atoms with Crippen molar-refractivity contribution >= 4 is 23.0 Å². The first-order valence-corrected chi connectivity index (χ1v) is 11.2. The highest BCUT2D eigenvalue weighted by molar-refractivity contribution is 6.25. The molecule has 32 heavy (non-hydrogen) atoms. The number of hydrogen-bond acceptors (Lipinski definition) is 3. The number of carbonyl (C=O) groups excluding carboxylic acids is 2. The number of benzene rings is 3. The van der Waals surface area contributed by atoms with Gasteiger partial charge in [-0.1, -0.05) is 84.4 Å². The maximum Gasteiger partial charge on any atom is 0.192 e. The highest BCUT2D eigenvalue weighted by Gasteiger charge is 2.48. The van der Waals surface area contributed by atoms with Crippen LogP contribution in [0.1, 0.15) is 57.3 Å². The molecule has 3 aromatic rings. The van der Waals surface area contributed by atoms with Gasteiger partial charge in [0.05, 0.1) is 11.6 Å². The number of fused-ring (bicyclic) bond motifs is 3. The van der Waals surface area contributed by atoms with Crippen LogP contribution in [0.2, 0.25) is 0 Å². The third-order valence-electron chi connectivity index (χ3n) is 7.14. The molecule has 0 spiro atoms. The number of aryl methyl sites for hydroxylation is 1. The summed E-state index contributed by atoms with van der Waals surface area (Å²) in [5, 5.41) is 0. The molecule has 0 radical (unpaired) electrons. The van der Waals surface area contributed by atoms with Gasteiger partial charge in [-0.2, -0.15) is 0 Å². The molecule has 0 N–H and O–H groups in total. The highest BCUT2D eigenvalue weighted by atomic mass is 16.1. The summed E-state index contributed by atoms with van der Waals surface area (Å²) >= 11 is 0. The lowest BCUT2D eigenvalue weighted by Crippen LogP contribution is -2.40. The normalized spacial score (nSPS) is 24.0. The van der Waals surface area contributed by atoms with Gasteiger partial charge in [0.1, 0.15) is 5.78 Å². The van der Waals surface area contributed by atoms with Gasteiger partial charge < -0.3 is 0 Å². The van der Waals surface area contributed by atoms with Crippen molar-refractivity contribution in [3.8, 4) is 0 Å². The molecule has 3 aliphatic rings. The zero-order valence-electron chi connectivity index (χ0n) is 17.9. The fourth-order valence-electron chi connectivity index (χ4n) is 5.60. The van der Waals surface area contributed by atoms with E-state index >= 15 is 0 Å². The van der Waals surface area contributed by atoms with Crippen molar-refractivity contribution in [1.82, 2.24) is 0 Å². The Labute approximate surface area is 187 Å². The number of carbonyl (C=O) groups is 2. The van der Waals surface area contributed by atoms with Gasteiger partial charge in [-0.25, -0.2) is 0 Å². The van der Waals surface area contributed by atoms with Crippen LogP contribution in [0.5, 0.6) is 0 Å². The van der Waals surface area contributed by atoms with Crippen LogP contribution in [-0.4, -0.2) is 17.3 Å². The molecule has 0 amide bonds. The Morgan fingerprint density at radius 1 is 0.719 bits per heavy atom. The minimum atomic E-state index is -0.366. The second kappa shape index (κ2) is 7.23. The summed E-state index contributed by atoms with van der Waals surface area (Å²) in [4.78, 5) is 32.2. The van der Waals surface area contributed by atoms with E-state index in [2.05, 4.69) is 43.3 Å². The summed E-state index contributed by atoms with van der Waals surface area (Å²) in [6.45, 7) is 2.05. The smallest absolute Gasteiger partial charge is 0.192 e. The summed E-state index contributed by atoms with van der Waals surface area (Å²) < 4.78 is 0. The Hall–Kier alpha value is -3.59. The van der Waals surface area contributed by atoms with Gasteiger partial charge in [-0.3, -0.25) is 14.6 Å². The van der Waals surface area contributed by atoms with E-state index in [1.807, 2.05) is 42.5 Å². The predicted molar refractivity (Wildman–Crippen MR) is 126 cm³/mol. The SMILES string of the molecule is Cc1ccc([C@@H]2C3=C(N=C4C[C@@H](c5ccccc5)CC(=O)C42)c2ccccc2C3=O)cc1. The van der Waals surface area contributed by atoms with Crippen LogP contribution in [0.15, 0.2) is 89.4 Å². The molecule has 0 bridgehead atoms. The van der Waals surface area contributed by atoms with Gasteiger partial charge >= 0.3 is 0 Å². The van der Waals surface area contributed by atoms with Crippen LogP contribution in [0.4, 0.5) is 0 Å². The highest BCUT2D eigenvalue weighted by Crippen LogP contribution is 2.51. The van der Waals surface area contributed by atoms with Crippen LogP contribution in [0.25, 0.3) is 5.70 Å². The largest absolute Gasteiger partial charge is 0.299 e. The van der Waals surface area contributed by atoms with Crippen LogP contribution >= 0.6 is 0 Å². The molecule has 1 unspecified atom stereocenters. The molecule has 2 aliphatic carbocycles. The van der Waals surface area contributed by atoms with Gasteiger partial charge in [-0.05, 0) is 30.4 Å². The van der Waals surface area contributed by atoms with E-state index in [1.165, 1.54) is 5.56 Å². The zero-order chi connectivity index (χ0) is 21.8. The Balaban J connectivity index is 1.52. The molecule has 0 aromatic heterocycles. The van der Waals surface area contributed by atoms with E-state index in [0.717, 1.165) is 34.5 Å². The average Bonchev–Trinajstić information content (AvgIpc) is 3.11. The van der Waals surface area contributed by atoms with Crippen molar-refractivity contribution in [3.05, 3.63) is 112 Å². The standard InChI is InChI=1S/C29H23NO2/c1-17-11-13-19(14-12-17)25-26-23(15-20(16-24(26)31)18-7-3-2-4-8-18)30-28-21-9-5-6-10-22(21)29(32)27(25)28/h2-14,20,25-26H,15-16H2,1H3/t20-,25+,26?/m1/s1. The van der Waals surface area contributed by atoms with E-state index < -0.39 is 0 Å².